The number of carbonyl (C=O) groups is 1. The van der Waals surface area contributed by atoms with E-state index in [-0.39, 0.29) is 12.5 Å². The molecule has 1 unspecified atom stereocenters. The summed E-state index contributed by atoms with van der Waals surface area (Å²) in [4.78, 5) is 16.1. The topological polar surface area (TPSA) is 53.4 Å². The maximum absolute atomic E-state index is 12.6. The molecule has 1 aromatic rings. The summed E-state index contributed by atoms with van der Waals surface area (Å²) in [5.74, 6) is -0.101. The Morgan fingerprint density at radius 1 is 1.29 bits per heavy atom. The average molecular weight is 341 g/mol. The fourth-order valence-corrected chi connectivity index (χ4v) is 3.43. The molecule has 3 rings (SSSR count). The molecular formula is C16H25F2N5O. The number of piperidine rings is 1. The van der Waals surface area contributed by atoms with Gasteiger partial charge in [-0.05, 0) is 31.9 Å². The Balaban J connectivity index is 1.59. The SMILES string of the molecule is O=C(c1ccn(C2CCCNC2)n1)N1CCCN(CC(F)F)CC1. The Labute approximate surface area is 140 Å². The zero-order chi connectivity index (χ0) is 16.9. The van der Waals surface area contributed by atoms with Gasteiger partial charge in [0.1, 0.15) is 5.69 Å². The molecule has 1 amide bonds. The van der Waals surface area contributed by atoms with Crippen molar-refractivity contribution in [3.05, 3.63) is 18.0 Å². The van der Waals surface area contributed by atoms with Crippen LogP contribution in [0.1, 0.15) is 35.8 Å². The van der Waals surface area contributed by atoms with E-state index in [2.05, 4.69) is 10.4 Å². The van der Waals surface area contributed by atoms with Crippen LogP contribution in [0, 0.1) is 0 Å². The second-order valence-corrected chi connectivity index (χ2v) is 6.52. The van der Waals surface area contributed by atoms with Crippen LogP contribution in [-0.4, -0.2) is 77.7 Å². The number of alkyl halides is 2. The summed E-state index contributed by atoms with van der Waals surface area (Å²) in [6.45, 7) is 3.86. The predicted molar refractivity (Wildman–Crippen MR) is 86.3 cm³/mol. The lowest BCUT2D eigenvalue weighted by atomic mass is 10.1. The Bertz CT molecular complexity index is 544. The summed E-state index contributed by atoms with van der Waals surface area (Å²) in [5.41, 5.74) is 0.447. The quantitative estimate of drug-likeness (QED) is 0.895. The maximum Gasteiger partial charge on any atom is 0.274 e. The number of hydrogen-bond acceptors (Lipinski definition) is 4. The van der Waals surface area contributed by atoms with Crippen molar-refractivity contribution in [3.63, 3.8) is 0 Å². The number of rotatable bonds is 4. The fraction of sp³-hybridized carbons (Fsp3) is 0.750. The van der Waals surface area contributed by atoms with Gasteiger partial charge in [-0.2, -0.15) is 5.10 Å². The van der Waals surface area contributed by atoms with Crippen molar-refractivity contribution < 1.29 is 13.6 Å². The molecule has 0 bridgehead atoms. The molecule has 0 saturated carbocycles. The molecule has 2 aliphatic heterocycles. The van der Waals surface area contributed by atoms with Gasteiger partial charge < -0.3 is 10.2 Å². The lowest BCUT2D eigenvalue weighted by Crippen LogP contribution is -2.37. The molecule has 0 aromatic carbocycles. The van der Waals surface area contributed by atoms with Gasteiger partial charge in [0.25, 0.3) is 12.3 Å². The number of nitrogens with one attached hydrogen (secondary N) is 1. The minimum Gasteiger partial charge on any atom is -0.336 e. The van der Waals surface area contributed by atoms with Crippen LogP contribution < -0.4 is 5.32 Å². The zero-order valence-electron chi connectivity index (χ0n) is 13.8. The van der Waals surface area contributed by atoms with Crippen molar-refractivity contribution in [1.82, 2.24) is 24.9 Å². The van der Waals surface area contributed by atoms with E-state index in [0.717, 1.165) is 25.9 Å². The molecule has 0 radical (unpaired) electrons. The molecule has 24 heavy (non-hydrogen) atoms. The van der Waals surface area contributed by atoms with Crippen LogP contribution in [0.2, 0.25) is 0 Å². The third-order valence-corrected chi connectivity index (χ3v) is 4.74. The highest BCUT2D eigenvalue weighted by Crippen LogP contribution is 2.17. The van der Waals surface area contributed by atoms with Gasteiger partial charge in [-0.3, -0.25) is 14.4 Å². The first-order valence-corrected chi connectivity index (χ1v) is 8.69. The van der Waals surface area contributed by atoms with E-state index < -0.39 is 6.43 Å². The number of halogens is 2. The largest absolute Gasteiger partial charge is 0.336 e. The molecule has 8 heteroatoms. The molecule has 2 fully saturated rings. The lowest BCUT2D eigenvalue weighted by Gasteiger charge is -2.23. The second kappa shape index (κ2) is 8.02. The van der Waals surface area contributed by atoms with Gasteiger partial charge in [-0.1, -0.05) is 0 Å². The predicted octanol–water partition coefficient (Wildman–Crippen LogP) is 1.22. The molecule has 6 nitrogen and oxygen atoms in total. The summed E-state index contributed by atoms with van der Waals surface area (Å²) >= 11 is 0. The Kier molecular flexibility index (Phi) is 5.78. The lowest BCUT2D eigenvalue weighted by molar-refractivity contribution is 0.0736. The fourth-order valence-electron chi connectivity index (χ4n) is 3.43. The number of carbonyl (C=O) groups excluding carboxylic acids is 1. The number of hydrogen-bond donors (Lipinski definition) is 1. The van der Waals surface area contributed by atoms with E-state index in [1.807, 2.05) is 10.9 Å². The van der Waals surface area contributed by atoms with Crippen LogP contribution in [0.15, 0.2) is 12.3 Å². The zero-order valence-corrected chi connectivity index (χ0v) is 13.8. The summed E-state index contributed by atoms with van der Waals surface area (Å²) in [5, 5.41) is 7.80. The first-order valence-electron chi connectivity index (χ1n) is 8.69. The average Bonchev–Trinajstić information content (AvgIpc) is 2.96. The van der Waals surface area contributed by atoms with Crippen molar-refractivity contribution in [2.75, 3.05) is 45.8 Å². The monoisotopic (exact) mass is 341 g/mol. The summed E-state index contributed by atoms with van der Waals surface area (Å²) in [7, 11) is 0. The highest BCUT2D eigenvalue weighted by molar-refractivity contribution is 5.92. The third kappa shape index (κ3) is 4.30. The molecule has 0 spiro atoms. The minimum atomic E-state index is -2.33. The number of aromatic nitrogens is 2. The molecule has 0 aliphatic carbocycles. The van der Waals surface area contributed by atoms with Gasteiger partial charge >= 0.3 is 0 Å². The second-order valence-electron chi connectivity index (χ2n) is 6.52. The normalized spacial score (nSPS) is 23.5. The van der Waals surface area contributed by atoms with Crippen LogP contribution in [-0.2, 0) is 0 Å². The molecule has 1 aromatic heterocycles. The van der Waals surface area contributed by atoms with E-state index in [9.17, 15) is 13.6 Å². The minimum absolute atomic E-state index is 0.101. The van der Waals surface area contributed by atoms with Gasteiger partial charge in [0.15, 0.2) is 0 Å². The van der Waals surface area contributed by atoms with Crippen LogP contribution in [0.5, 0.6) is 0 Å². The number of amides is 1. The van der Waals surface area contributed by atoms with Crippen molar-refractivity contribution in [2.24, 2.45) is 0 Å². The van der Waals surface area contributed by atoms with Gasteiger partial charge in [0.05, 0.1) is 12.6 Å². The maximum atomic E-state index is 12.6. The first-order chi connectivity index (χ1) is 11.6. The van der Waals surface area contributed by atoms with Crippen LogP contribution in [0.3, 0.4) is 0 Å². The van der Waals surface area contributed by atoms with E-state index in [4.69, 9.17) is 0 Å². The molecule has 3 heterocycles. The standard InChI is InChI=1S/C16H25F2N5O/c17-15(18)12-21-6-2-7-22(10-9-21)16(24)14-4-8-23(20-14)13-3-1-5-19-11-13/h4,8,13,15,19H,1-3,5-7,9-12H2. The van der Waals surface area contributed by atoms with Crippen molar-refractivity contribution >= 4 is 5.91 Å². The third-order valence-electron chi connectivity index (χ3n) is 4.74. The molecule has 1 N–H and O–H groups in total. The van der Waals surface area contributed by atoms with Crippen molar-refractivity contribution in [3.8, 4) is 0 Å². The van der Waals surface area contributed by atoms with Crippen LogP contribution in [0.25, 0.3) is 0 Å². The molecule has 1 atom stereocenters. The van der Waals surface area contributed by atoms with E-state index in [1.54, 1.807) is 15.9 Å². The summed E-state index contributed by atoms with van der Waals surface area (Å²) in [6, 6.07) is 2.06. The molecule has 134 valence electrons. The van der Waals surface area contributed by atoms with Crippen LogP contribution in [0.4, 0.5) is 8.78 Å². The Hall–Kier alpha value is -1.54. The molecule has 2 aliphatic rings. The summed E-state index contributed by atoms with van der Waals surface area (Å²) < 4.78 is 26.9. The highest BCUT2D eigenvalue weighted by atomic mass is 19.3. The van der Waals surface area contributed by atoms with E-state index >= 15 is 0 Å². The summed E-state index contributed by atoms with van der Waals surface area (Å²) in [6.07, 6.45) is 2.43. The van der Waals surface area contributed by atoms with Crippen molar-refractivity contribution in [2.45, 2.75) is 31.7 Å². The van der Waals surface area contributed by atoms with Gasteiger partial charge in [0, 0.05) is 38.9 Å². The van der Waals surface area contributed by atoms with E-state index in [1.165, 1.54) is 0 Å². The van der Waals surface area contributed by atoms with Gasteiger partial charge in [0.2, 0.25) is 0 Å². The smallest absolute Gasteiger partial charge is 0.274 e. The van der Waals surface area contributed by atoms with Crippen LogP contribution >= 0.6 is 0 Å². The van der Waals surface area contributed by atoms with Gasteiger partial charge in [-0.25, -0.2) is 8.78 Å². The molecular weight excluding hydrogens is 316 g/mol. The van der Waals surface area contributed by atoms with E-state index in [0.29, 0.717) is 44.3 Å². The van der Waals surface area contributed by atoms with Gasteiger partial charge in [-0.15, -0.1) is 0 Å². The first kappa shape index (κ1) is 17.3. The number of nitrogens with zero attached hydrogens (tertiary/aromatic N) is 4. The van der Waals surface area contributed by atoms with Crippen molar-refractivity contribution in [1.29, 1.82) is 0 Å². The Morgan fingerprint density at radius 3 is 2.92 bits per heavy atom. The molecule has 2 saturated heterocycles. The highest BCUT2D eigenvalue weighted by Gasteiger charge is 2.24. The Morgan fingerprint density at radius 2 is 2.17 bits per heavy atom.